The van der Waals surface area contributed by atoms with Crippen LogP contribution in [0.25, 0.3) is 6.08 Å². The first kappa shape index (κ1) is 15.5. The van der Waals surface area contributed by atoms with Crippen molar-refractivity contribution in [1.82, 2.24) is 4.90 Å². The minimum absolute atomic E-state index is 0.0150. The maximum atomic E-state index is 12.4. The summed E-state index contributed by atoms with van der Waals surface area (Å²) in [6, 6.07) is 9.09. The van der Waals surface area contributed by atoms with Gasteiger partial charge in [0.15, 0.2) is 0 Å². The third-order valence-electron chi connectivity index (χ3n) is 3.57. The molecule has 0 spiro atoms. The van der Waals surface area contributed by atoms with E-state index in [1.54, 1.807) is 39.2 Å². The standard InChI is InChI=1S/C17H16N2O3/c1-4-19-16(20)14(11(2)15(10-18)17(19)21)9-12-5-7-13(22-3)8-6-12/h5-9H,4H2,1-3H3. The molecule has 0 aliphatic carbocycles. The molecular weight excluding hydrogens is 280 g/mol. The monoisotopic (exact) mass is 296 g/mol. The third kappa shape index (κ3) is 2.63. The molecule has 5 heteroatoms. The van der Waals surface area contributed by atoms with Gasteiger partial charge in [-0.25, -0.2) is 0 Å². The summed E-state index contributed by atoms with van der Waals surface area (Å²) in [5, 5.41) is 9.17. The van der Waals surface area contributed by atoms with Crippen molar-refractivity contribution < 1.29 is 14.3 Å². The smallest absolute Gasteiger partial charge is 0.271 e. The SMILES string of the molecule is CCN1C(=O)C(=Cc2ccc(OC)cc2)C(C)=C(C#N)C1=O. The molecule has 1 aromatic rings. The number of carbonyl (C=O) groups is 2. The maximum absolute atomic E-state index is 12.4. The number of rotatable bonds is 3. The summed E-state index contributed by atoms with van der Waals surface area (Å²) in [4.78, 5) is 25.6. The first-order valence-corrected chi connectivity index (χ1v) is 6.86. The van der Waals surface area contributed by atoms with Gasteiger partial charge in [0.05, 0.1) is 7.11 Å². The van der Waals surface area contributed by atoms with Crippen LogP contribution in [-0.2, 0) is 9.59 Å². The Bertz CT molecular complexity index is 721. The Kier molecular flexibility index (Phi) is 4.42. The van der Waals surface area contributed by atoms with Crippen LogP contribution in [0.1, 0.15) is 19.4 Å². The summed E-state index contributed by atoms with van der Waals surface area (Å²) >= 11 is 0. The summed E-state index contributed by atoms with van der Waals surface area (Å²) in [7, 11) is 1.58. The van der Waals surface area contributed by atoms with Crippen molar-refractivity contribution in [1.29, 1.82) is 5.26 Å². The number of ether oxygens (including phenoxy) is 1. The summed E-state index contributed by atoms with van der Waals surface area (Å²) in [5.74, 6) is -0.188. The van der Waals surface area contributed by atoms with Crippen LogP contribution >= 0.6 is 0 Å². The van der Waals surface area contributed by atoms with E-state index >= 15 is 0 Å². The molecule has 0 N–H and O–H groups in total. The van der Waals surface area contributed by atoms with E-state index in [0.717, 1.165) is 10.5 Å². The van der Waals surface area contributed by atoms with Crippen LogP contribution in [0.15, 0.2) is 41.0 Å². The van der Waals surface area contributed by atoms with Crippen LogP contribution in [0.4, 0.5) is 0 Å². The van der Waals surface area contributed by atoms with E-state index in [0.29, 0.717) is 16.9 Å². The van der Waals surface area contributed by atoms with Gasteiger partial charge in [0.2, 0.25) is 0 Å². The molecule has 0 bridgehead atoms. The van der Waals surface area contributed by atoms with Crippen molar-refractivity contribution in [3.05, 3.63) is 46.5 Å². The van der Waals surface area contributed by atoms with Gasteiger partial charge in [-0.05, 0) is 43.2 Å². The van der Waals surface area contributed by atoms with Crippen LogP contribution in [0, 0.1) is 11.3 Å². The molecule has 1 aromatic carbocycles. The van der Waals surface area contributed by atoms with Crippen molar-refractivity contribution >= 4 is 17.9 Å². The number of methoxy groups -OCH3 is 1. The normalized spacial score (nSPS) is 17.0. The van der Waals surface area contributed by atoms with Crippen molar-refractivity contribution in [2.24, 2.45) is 0 Å². The third-order valence-corrected chi connectivity index (χ3v) is 3.57. The Balaban J connectivity index is 2.53. The van der Waals surface area contributed by atoms with E-state index in [9.17, 15) is 14.9 Å². The van der Waals surface area contributed by atoms with Gasteiger partial charge in [-0.2, -0.15) is 5.26 Å². The Morgan fingerprint density at radius 2 is 1.86 bits per heavy atom. The van der Waals surface area contributed by atoms with Crippen LogP contribution in [0.3, 0.4) is 0 Å². The largest absolute Gasteiger partial charge is 0.497 e. The fourth-order valence-corrected chi connectivity index (χ4v) is 2.28. The highest BCUT2D eigenvalue weighted by Gasteiger charge is 2.34. The van der Waals surface area contributed by atoms with Crippen LogP contribution in [0.5, 0.6) is 5.75 Å². The molecule has 1 heterocycles. The molecule has 0 fully saturated rings. The van der Waals surface area contributed by atoms with Crippen molar-refractivity contribution in [2.45, 2.75) is 13.8 Å². The predicted octanol–water partition coefficient (Wildman–Crippen LogP) is 2.31. The second-order valence-corrected chi connectivity index (χ2v) is 4.80. The van der Waals surface area contributed by atoms with Crippen LogP contribution in [0.2, 0.25) is 0 Å². The number of amides is 2. The molecule has 5 nitrogen and oxygen atoms in total. The molecule has 1 aliphatic heterocycles. The van der Waals surface area contributed by atoms with Crippen molar-refractivity contribution in [3.8, 4) is 11.8 Å². The topological polar surface area (TPSA) is 70.4 Å². The van der Waals surface area contributed by atoms with Crippen LogP contribution < -0.4 is 4.74 Å². The molecule has 0 radical (unpaired) electrons. The number of hydrogen-bond donors (Lipinski definition) is 0. The summed E-state index contributed by atoms with van der Waals surface area (Å²) in [6.07, 6.45) is 1.68. The molecule has 2 rings (SSSR count). The van der Waals surface area contributed by atoms with E-state index in [1.165, 1.54) is 0 Å². The number of nitrogens with zero attached hydrogens (tertiary/aromatic N) is 2. The lowest BCUT2D eigenvalue weighted by atomic mass is 9.94. The molecule has 1 aliphatic rings. The summed E-state index contributed by atoms with van der Waals surface area (Å²) in [5.41, 5.74) is 1.59. The molecule has 2 amide bonds. The minimum Gasteiger partial charge on any atom is -0.497 e. The molecule has 112 valence electrons. The van der Waals surface area contributed by atoms with Gasteiger partial charge in [-0.3, -0.25) is 14.5 Å². The number of nitriles is 1. The maximum Gasteiger partial charge on any atom is 0.271 e. The number of hydrogen-bond acceptors (Lipinski definition) is 4. The highest BCUT2D eigenvalue weighted by molar-refractivity contribution is 6.19. The molecule has 0 saturated carbocycles. The second kappa shape index (κ2) is 6.27. The summed E-state index contributed by atoms with van der Waals surface area (Å²) < 4.78 is 5.09. The van der Waals surface area contributed by atoms with Gasteiger partial charge in [-0.1, -0.05) is 12.1 Å². The molecule has 0 atom stereocenters. The van der Waals surface area contributed by atoms with E-state index < -0.39 is 5.91 Å². The number of carbonyl (C=O) groups excluding carboxylic acids is 2. The van der Waals surface area contributed by atoms with E-state index in [1.807, 2.05) is 18.2 Å². The van der Waals surface area contributed by atoms with Crippen molar-refractivity contribution in [3.63, 3.8) is 0 Å². The summed E-state index contributed by atoms with van der Waals surface area (Å²) in [6.45, 7) is 3.56. The minimum atomic E-state index is -0.528. The average Bonchev–Trinajstić information content (AvgIpc) is 2.53. The molecule has 22 heavy (non-hydrogen) atoms. The number of likely N-dealkylation sites (N-methyl/N-ethyl adjacent to an activating group) is 1. The van der Waals surface area contributed by atoms with E-state index in [2.05, 4.69) is 0 Å². The zero-order valence-corrected chi connectivity index (χ0v) is 12.7. The number of benzene rings is 1. The Morgan fingerprint density at radius 3 is 2.36 bits per heavy atom. The molecular formula is C17H16N2O3. The fourth-order valence-electron chi connectivity index (χ4n) is 2.28. The highest BCUT2D eigenvalue weighted by Crippen LogP contribution is 2.27. The number of imide groups is 1. The molecule has 0 unspecified atom stereocenters. The zero-order valence-electron chi connectivity index (χ0n) is 12.7. The Morgan fingerprint density at radius 1 is 1.23 bits per heavy atom. The first-order valence-electron chi connectivity index (χ1n) is 6.86. The Labute approximate surface area is 129 Å². The Hall–Kier alpha value is -2.87. The van der Waals surface area contributed by atoms with Gasteiger partial charge < -0.3 is 4.74 Å². The van der Waals surface area contributed by atoms with Gasteiger partial charge in [0.25, 0.3) is 11.8 Å². The van der Waals surface area contributed by atoms with Gasteiger partial charge >= 0.3 is 0 Å². The van der Waals surface area contributed by atoms with Crippen LogP contribution in [-0.4, -0.2) is 30.4 Å². The lowest BCUT2D eigenvalue weighted by Gasteiger charge is -2.26. The molecule has 0 aromatic heterocycles. The highest BCUT2D eigenvalue weighted by atomic mass is 16.5. The predicted molar refractivity (Wildman–Crippen MR) is 81.7 cm³/mol. The lowest BCUT2D eigenvalue weighted by Crippen LogP contribution is -2.42. The van der Waals surface area contributed by atoms with E-state index in [-0.39, 0.29) is 18.0 Å². The first-order chi connectivity index (χ1) is 10.5. The zero-order chi connectivity index (χ0) is 16.3. The van der Waals surface area contributed by atoms with Gasteiger partial charge in [-0.15, -0.1) is 0 Å². The van der Waals surface area contributed by atoms with E-state index in [4.69, 9.17) is 4.74 Å². The van der Waals surface area contributed by atoms with Gasteiger partial charge in [0.1, 0.15) is 17.4 Å². The quantitative estimate of drug-likeness (QED) is 0.634. The van der Waals surface area contributed by atoms with Crippen molar-refractivity contribution in [2.75, 3.05) is 13.7 Å². The lowest BCUT2D eigenvalue weighted by molar-refractivity contribution is -0.140. The fraction of sp³-hybridized carbons (Fsp3) is 0.235. The average molecular weight is 296 g/mol. The molecule has 0 saturated heterocycles. The second-order valence-electron chi connectivity index (χ2n) is 4.80. The van der Waals surface area contributed by atoms with Gasteiger partial charge in [0, 0.05) is 12.1 Å².